The zero-order valence-electron chi connectivity index (χ0n) is 18.9. The van der Waals surface area contributed by atoms with Crippen molar-refractivity contribution in [3.05, 3.63) is 84.4 Å². The number of rotatable bonds is 7. The summed E-state index contributed by atoms with van der Waals surface area (Å²) < 4.78 is 0. The Balaban J connectivity index is 0.000000224. The molecular formula is C27H34N2O2. The molecular weight excluding hydrogens is 384 g/mol. The average Bonchev–Trinajstić information content (AvgIpc) is 2.79. The van der Waals surface area contributed by atoms with Crippen molar-refractivity contribution < 1.29 is 9.94 Å². The Hall–Kier alpha value is -3.24. The van der Waals surface area contributed by atoms with E-state index in [1.807, 2.05) is 54.6 Å². The molecule has 0 aromatic heterocycles. The number of allylic oxidation sites excluding steroid dienone is 2. The van der Waals surface area contributed by atoms with Gasteiger partial charge in [0.2, 0.25) is 0 Å². The lowest BCUT2D eigenvalue weighted by Crippen LogP contribution is -2.09. The Labute approximate surface area is 186 Å². The summed E-state index contributed by atoms with van der Waals surface area (Å²) in [6.07, 6.45) is 3.18. The van der Waals surface area contributed by atoms with Gasteiger partial charge in [0, 0.05) is 12.1 Å². The number of phenols is 1. The summed E-state index contributed by atoms with van der Waals surface area (Å²) in [6, 6.07) is 23.5. The van der Waals surface area contributed by atoms with Gasteiger partial charge in [-0.05, 0) is 54.2 Å². The van der Waals surface area contributed by atoms with E-state index in [1.165, 1.54) is 5.57 Å². The minimum atomic E-state index is 0.326. The second kappa shape index (κ2) is 12.5. The second-order valence-corrected chi connectivity index (χ2v) is 7.78. The van der Waals surface area contributed by atoms with Crippen molar-refractivity contribution in [2.75, 3.05) is 11.9 Å². The molecule has 0 radical (unpaired) electrons. The molecule has 0 amide bonds. The predicted octanol–water partition coefficient (Wildman–Crippen LogP) is 6.88. The Morgan fingerprint density at radius 3 is 2.32 bits per heavy atom. The van der Waals surface area contributed by atoms with Gasteiger partial charge < -0.3 is 15.3 Å². The number of hydrogen-bond acceptors (Lipinski definition) is 4. The minimum Gasteiger partial charge on any atom is -0.506 e. The maximum Gasteiger partial charge on any atom is 0.147 e. The smallest absolute Gasteiger partial charge is 0.147 e. The number of nitrogens with two attached hydrogens (primary N) is 1. The van der Waals surface area contributed by atoms with Crippen molar-refractivity contribution in [1.29, 1.82) is 0 Å². The fourth-order valence-corrected chi connectivity index (χ4v) is 3.16. The number of anilines is 1. The Kier molecular flexibility index (Phi) is 9.66. The molecule has 4 heteroatoms. The average molecular weight is 419 g/mol. The monoisotopic (exact) mass is 418 g/mol. The highest BCUT2D eigenvalue weighted by Gasteiger charge is 2.09. The Morgan fingerprint density at radius 2 is 1.68 bits per heavy atom. The van der Waals surface area contributed by atoms with Crippen LogP contribution in [0.4, 0.5) is 5.69 Å². The number of phenolic OH excluding ortho intramolecular Hbond substituents is 1. The summed E-state index contributed by atoms with van der Waals surface area (Å²) in [5.41, 5.74) is 5.41. The molecule has 0 spiro atoms. The van der Waals surface area contributed by atoms with E-state index in [0.717, 1.165) is 35.3 Å². The van der Waals surface area contributed by atoms with E-state index in [9.17, 15) is 5.11 Å². The van der Waals surface area contributed by atoms with Crippen molar-refractivity contribution in [3.8, 4) is 22.6 Å². The third-order valence-electron chi connectivity index (χ3n) is 4.74. The highest BCUT2D eigenvalue weighted by atomic mass is 16.6. The molecule has 0 aliphatic carbocycles. The molecule has 0 aliphatic heterocycles. The molecule has 0 aliphatic rings. The summed E-state index contributed by atoms with van der Waals surface area (Å²) >= 11 is 0. The van der Waals surface area contributed by atoms with Crippen LogP contribution in [0.2, 0.25) is 0 Å². The lowest BCUT2D eigenvalue weighted by atomic mass is 10.0. The normalized spacial score (nSPS) is 11.0. The molecule has 0 bridgehead atoms. The Bertz CT molecular complexity index is 966. The van der Waals surface area contributed by atoms with Crippen molar-refractivity contribution in [2.45, 2.75) is 34.1 Å². The molecule has 3 rings (SSSR count). The lowest BCUT2D eigenvalue weighted by molar-refractivity contribution is 0.334. The highest BCUT2D eigenvalue weighted by molar-refractivity contribution is 5.79. The van der Waals surface area contributed by atoms with Gasteiger partial charge in [-0.25, -0.2) is 0 Å². The number of hydrogen-bond donors (Lipinski definition) is 3. The van der Waals surface area contributed by atoms with Crippen LogP contribution in [0.5, 0.6) is 11.5 Å². The molecule has 0 fully saturated rings. The van der Waals surface area contributed by atoms with E-state index < -0.39 is 0 Å². The highest BCUT2D eigenvalue weighted by Crippen LogP contribution is 2.32. The van der Waals surface area contributed by atoms with Gasteiger partial charge in [-0.15, -0.1) is 0 Å². The zero-order chi connectivity index (χ0) is 22.6. The fourth-order valence-electron chi connectivity index (χ4n) is 3.16. The number of benzene rings is 3. The van der Waals surface area contributed by atoms with Crippen LogP contribution in [0, 0.1) is 5.92 Å². The van der Waals surface area contributed by atoms with E-state index >= 15 is 0 Å². The maximum atomic E-state index is 9.93. The van der Waals surface area contributed by atoms with E-state index in [4.69, 9.17) is 5.90 Å². The molecule has 0 atom stereocenters. The second-order valence-electron chi connectivity index (χ2n) is 7.78. The molecule has 31 heavy (non-hydrogen) atoms. The number of aromatic hydroxyl groups is 1. The van der Waals surface area contributed by atoms with E-state index in [0.29, 0.717) is 17.4 Å². The minimum absolute atomic E-state index is 0.326. The third kappa shape index (κ3) is 7.50. The standard InChI is InChI=1S/C15H23NO.C12H11NO/c1-5-7-12(4)13-8-6-9-14(17)15(13)16-10-11(2)3;13-14-12-8-4-7-11(9-12)10-5-2-1-3-6-10/h6-9,11,16-17H,5,10H2,1-4H3;1-9H,13H2/b12-7-;. The van der Waals surface area contributed by atoms with E-state index in [1.54, 1.807) is 6.07 Å². The number of para-hydroxylation sites is 1. The van der Waals surface area contributed by atoms with Gasteiger partial charge in [-0.3, -0.25) is 0 Å². The SMILES string of the molecule is CC/C=C(/C)c1cccc(O)c1NCC(C)C.NOc1cccc(-c2ccccc2)c1. The molecule has 3 aromatic carbocycles. The van der Waals surface area contributed by atoms with Crippen molar-refractivity contribution in [1.82, 2.24) is 0 Å². The molecule has 0 saturated heterocycles. The molecule has 4 nitrogen and oxygen atoms in total. The molecule has 164 valence electrons. The van der Waals surface area contributed by atoms with Crippen LogP contribution < -0.4 is 16.1 Å². The van der Waals surface area contributed by atoms with Gasteiger partial charge in [0.1, 0.15) is 11.5 Å². The third-order valence-corrected chi connectivity index (χ3v) is 4.74. The van der Waals surface area contributed by atoms with Crippen LogP contribution in [0.3, 0.4) is 0 Å². The first kappa shape index (κ1) is 24.0. The first-order valence-corrected chi connectivity index (χ1v) is 10.7. The van der Waals surface area contributed by atoms with Crippen LogP contribution in [0.1, 0.15) is 39.7 Å². The molecule has 0 unspecified atom stereocenters. The fraction of sp³-hybridized carbons (Fsp3) is 0.259. The van der Waals surface area contributed by atoms with Gasteiger partial charge in [0.25, 0.3) is 0 Å². The van der Waals surface area contributed by atoms with Crippen LogP contribution in [0.15, 0.2) is 78.9 Å². The first-order valence-electron chi connectivity index (χ1n) is 10.7. The summed E-state index contributed by atoms with van der Waals surface area (Å²) in [5.74, 6) is 6.65. The molecule has 0 heterocycles. The summed E-state index contributed by atoms with van der Waals surface area (Å²) in [5, 5.41) is 13.3. The largest absolute Gasteiger partial charge is 0.506 e. The Morgan fingerprint density at radius 1 is 1.00 bits per heavy atom. The molecule has 0 saturated carbocycles. The zero-order valence-corrected chi connectivity index (χ0v) is 18.9. The van der Waals surface area contributed by atoms with Crippen LogP contribution >= 0.6 is 0 Å². The van der Waals surface area contributed by atoms with E-state index in [-0.39, 0.29) is 0 Å². The molecule has 3 aromatic rings. The maximum absolute atomic E-state index is 9.93. The lowest BCUT2D eigenvalue weighted by Gasteiger charge is -2.15. The van der Waals surface area contributed by atoms with E-state index in [2.05, 4.69) is 56.1 Å². The van der Waals surface area contributed by atoms with Crippen LogP contribution in [-0.2, 0) is 0 Å². The van der Waals surface area contributed by atoms with Gasteiger partial charge >= 0.3 is 0 Å². The van der Waals surface area contributed by atoms with Gasteiger partial charge in [0.05, 0.1) is 5.69 Å². The predicted molar refractivity (Wildman–Crippen MR) is 132 cm³/mol. The molecule has 4 N–H and O–H groups in total. The summed E-state index contributed by atoms with van der Waals surface area (Å²) in [6.45, 7) is 9.37. The number of nitrogens with one attached hydrogen (secondary N) is 1. The van der Waals surface area contributed by atoms with Gasteiger partial charge in [-0.1, -0.05) is 81.4 Å². The summed E-state index contributed by atoms with van der Waals surface area (Å²) in [7, 11) is 0. The van der Waals surface area contributed by atoms with Gasteiger partial charge in [-0.2, -0.15) is 5.90 Å². The first-order chi connectivity index (χ1) is 15.0. The quantitative estimate of drug-likeness (QED) is 0.289. The van der Waals surface area contributed by atoms with Crippen LogP contribution in [0.25, 0.3) is 16.7 Å². The van der Waals surface area contributed by atoms with Crippen molar-refractivity contribution in [3.63, 3.8) is 0 Å². The topological polar surface area (TPSA) is 67.5 Å². The van der Waals surface area contributed by atoms with Crippen molar-refractivity contribution >= 4 is 11.3 Å². The van der Waals surface area contributed by atoms with Crippen molar-refractivity contribution in [2.24, 2.45) is 11.8 Å². The van der Waals surface area contributed by atoms with Gasteiger partial charge in [0.15, 0.2) is 0 Å². The van der Waals surface area contributed by atoms with Crippen LogP contribution in [-0.4, -0.2) is 11.7 Å². The summed E-state index contributed by atoms with van der Waals surface area (Å²) in [4.78, 5) is 4.68.